The molecule has 0 N–H and O–H groups in total. The maximum atomic E-state index is 6.76. The number of hydrogen-bond acceptors (Lipinski definition) is 2. The van der Waals surface area contributed by atoms with Crippen molar-refractivity contribution in [2.24, 2.45) is 0 Å². The van der Waals surface area contributed by atoms with E-state index in [0.717, 1.165) is 58.8 Å². The summed E-state index contributed by atoms with van der Waals surface area (Å²) in [7, 11) is 0. The molecule has 4 nitrogen and oxygen atoms in total. The van der Waals surface area contributed by atoms with Crippen LogP contribution >= 0.6 is 0 Å². The van der Waals surface area contributed by atoms with Gasteiger partial charge in [0.25, 0.3) is 0 Å². The van der Waals surface area contributed by atoms with E-state index in [1.807, 2.05) is 0 Å². The van der Waals surface area contributed by atoms with E-state index in [9.17, 15) is 0 Å². The molecular weight excluding hydrogens is 851 g/mol. The molecule has 330 valence electrons. The number of nitrogens with zero attached hydrogens (tertiary/aromatic N) is 3. The van der Waals surface area contributed by atoms with Gasteiger partial charge < -0.3 is 13.9 Å². The van der Waals surface area contributed by atoms with Gasteiger partial charge in [-0.15, -0.1) is 0 Å². The first-order valence-corrected chi connectivity index (χ1v) is 24.6. The Hall–Kier alpha value is -8.73. The van der Waals surface area contributed by atoms with Gasteiger partial charge in [0.05, 0.1) is 33.3 Å². The van der Waals surface area contributed by atoms with Gasteiger partial charge in [0.2, 0.25) is 0 Å². The summed E-state index contributed by atoms with van der Waals surface area (Å²) in [6.07, 6.45) is 14.2. The van der Waals surface area contributed by atoms with E-state index >= 15 is 0 Å². The topological polar surface area (TPSA) is 32.0 Å². The van der Waals surface area contributed by atoms with Gasteiger partial charge in [0, 0.05) is 61.4 Å². The summed E-state index contributed by atoms with van der Waals surface area (Å²) in [5.41, 5.74) is 21.0. The Morgan fingerprint density at radius 3 is 2.03 bits per heavy atom. The molecule has 2 aliphatic carbocycles. The fourth-order valence-electron chi connectivity index (χ4n) is 12.6. The molecule has 3 aromatic heterocycles. The average molecular weight is 896 g/mol. The number of pyridine rings is 1. The molecule has 11 aromatic rings. The van der Waals surface area contributed by atoms with Crippen molar-refractivity contribution in [2.45, 2.75) is 30.6 Å². The number of allylic oxidation sites excluding steroid dienone is 5. The van der Waals surface area contributed by atoms with Crippen LogP contribution in [0.25, 0.3) is 72.0 Å². The molecular formula is C66H45N3O. The Kier molecular flexibility index (Phi) is 8.49. The Labute approximate surface area is 406 Å². The zero-order chi connectivity index (χ0) is 45.9. The molecule has 0 radical (unpaired) electrons. The van der Waals surface area contributed by atoms with E-state index in [2.05, 4.69) is 240 Å². The van der Waals surface area contributed by atoms with Crippen molar-refractivity contribution in [2.75, 3.05) is 0 Å². The molecule has 15 rings (SSSR count). The van der Waals surface area contributed by atoms with Gasteiger partial charge in [-0.2, -0.15) is 0 Å². The Morgan fingerprint density at radius 1 is 0.514 bits per heavy atom. The van der Waals surface area contributed by atoms with Gasteiger partial charge in [-0.05, 0) is 113 Å². The van der Waals surface area contributed by atoms with Gasteiger partial charge in [-0.1, -0.05) is 170 Å². The maximum absolute atomic E-state index is 6.76. The van der Waals surface area contributed by atoms with Crippen LogP contribution in [0.15, 0.2) is 231 Å². The van der Waals surface area contributed by atoms with Gasteiger partial charge in [0.15, 0.2) is 0 Å². The molecule has 1 spiro atoms. The number of hydrogen-bond donors (Lipinski definition) is 0. The SMILES string of the molecule is C1=CCC(c2cc(C3=CCCc4c3c3cc(-c5ccc6c(c5)-n5c7ccccc7c7cccc(c75)C65c6ccccc6Oc6ccccc65)ccc3n4-c3ccccc3)cc(-c3ccccc3)n2)C=C1. The van der Waals surface area contributed by atoms with Gasteiger partial charge >= 0.3 is 0 Å². The lowest BCUT2D eigenvalue weighted by atomic mass is 9.61. The minimum atomic E-state index is -0.621. The molecule has 5 heterocycles. The first kappa shape index (κ1) is 39.3. The molecule has 8 aromatic carbocycles. The van der Waals surface area contributed by atoms with E-state index < -0.39 is 5.41 Å². The lowest BCUT2D eigenvalue weighted by Gasteiger charge is -2.45. The highest BCUT2D eigenvalue weighted by Crippen LogP contribution is 2.60. The molecule has 2 aliphatic heterocycles. The zero-order valence-electron chi connectivity index (χ0n) is 38.4. The third-order valence-electron chi connectivity index (χ3n) is 15.5. The smallest absolute Gasteiger partial charge is 0.132 e. The predicted molar refractivity (Wildman–Crippen MR) is 286 cm³/mol. The lowest BCUT2D eigenvalue weighted by molar-refractivity contribution is 0.434. The van der Waals surface area contributed by atoms with Gasteiger partial charge in [-0.3, -0.25) is 4.98 Å². The van der Waals surface area contributed by atoms with Crippen molar-refractivity contribution in [1.29, 1.82) is 0 Å². The van der Waals surface area contributed by atoms with Crippen LogP contribution in [-0.4, -0.2) is 14.1 Å². The van der Waals surface area contributed by atoms with Crippen molar-refractivity contribution in [3.05, 3.63) is 275 Å². The summed E-state index contributed by atoms with van der Waals surface area (Å²) >= 11 is 0. The van der Waals surface area contributed by atoms with E-state index in [1.54, 1.807) is 0 Å². The minimum Gasteiger partial charge on any atom is -0.457 e. The van der Waals surface area contributed by atoms with Crippen molar-refractivity contribution < 1.29 is 4.74 Å². The van der Waals surface area contributed by atoms with Gasteiger partial charge in [0.1, 0.15) is 11.5 Å². The highest BCUT2D eigenvalue weighted by atomic mass is 16.5. The molecule has 1 unspecified atom stereocenters. The predicted octanol–water partition coefficient (Wildman–Crippen LogP) is 16.2. The quantitative estimate of drug-likeness (QED) is 0.172. The standard InChI is InChI=1S/C66H45N3O/c1-4-18-42(19-5-1)56-39-46(40-57(67-56)43-20-6-2-7-21-43)48-25-17-31-60-64(48)51-38-44(35-37-59(51)68(60)47-22-8-3-9-23-47)45-34-36-52-61(41-45)69-58-30-13-10-24-49(58)50-26-16-29-55(65(50)69)66(52)53-27-11-14-32-62(53)70-63-33-15-12-28-54(63)66/h1-16,18-20,22-30,32-41,43H,17,21,31H2. The molecule has 1 atom stereocenters. The van der Waals surface area contributed by atoms with Gasteiger partial charge in [-0.25, -0.2) is 0 Å². The average Bonchev–Trinajstić information content (AvgIpc) is 3.96. The molecule has 0 saturated heterocycles. The molecule has 0 fully saturated rings. The maximum Gasteiger partial charge on any atom is 0.132 e. The third-order valence-corrected chi connectivity index (χ3v) is 15.5. The summed E-state index contributed by atoms with van der Waals surface area (Å²) in [6.45, 7) is 0. The molecule has 4 aliphatic rings. The largest absolute Gasteiger partial charge is 0.457 e. The Bertz CT molecular complexity index is 4030. The Balaban J connectivity index is 0.980. The van der Waals surface area contributed by atoms with Crippen molar-refractivity contribution >= 4 is 38.3 Å². The van der Waals surface area contributed by atoms with Crippen LogP contribution in [0.4, 0.5) is 0 Å². The fraction of sp³-hybridized carbons (Fsp3) is 0.0758. The van der Waals surface area contributed by atoms with Crippen molar-refractivity contribution in [3.63, 3.8) is 0 Å². The molecule has 0 amide bonds. The normalized spacial score (nSPS) is 15.9. The summed E-state index contributed by atoms with van der Waals surface area (Å²) in [5, 5.41) is 3.76. The number of rotatable bonds is 5. The van der Waals surface area contributed by atoms with Crippen molar-refractivity contribution in [1.82, 2.24) is 14.1 Å². The summed E-state index contributed by atoms with van der Waals surface area (Å²) in [4.78, 5) is 5.36. The second-order valence-corrected chi connectivity index (χ2v) is 19.2. The first-order chi connectivity index (χ1) is 34.7. The summed E-state index contributed by atoms with van der Waals surface area (Å²) in [6, 6.07) is 73.8. The molecule has 70 heavy (non-hydrogen) atoms. The highest BCUT2D eigenvalue weighted by molar-refractivity contribution is 6.12. The second kappa shape index (κ2) is 15.1. The lowest BCUT2D eigenvalue weighted by Crippen LogP contribution is -2.37. The first-order valence-electron chi connectivity index (χ1n) is 24.6. The van der Waals surface area contributed by atoms with Crippen LogP contribution < -0.4 is 4.74 Å². The highest BCUT2D eigenvalue weighted by Gasteiger charge is 2.50. The summed E-state index contributed by atoms with van der Waals surface area (Å²) < 4.78 is 11.8. The number of aromatic nitrogens is 3. The molecule has 0 saturated carbocycles. The third kappa shape index (κ3) is 5.56. The number of fused-ring (bicyclic) bond motifs is 14. The fourth-order valence-corrected chi connectivity index (χ4v) is 12.6. The number of ether oxygens (including phenoxy) is 1. The van der Waals surface area contributed by atoms with Crippen LogP contribution in [-0.2, 0) is 11.8 Å². The van der Waals surface area contributed by atoms with Crippen molar-refractivity contribution in [3.8, 4) is 45.3 Å². The van der Waals surface area contributed by atoms with E-state index in [-0.39, 0.29) is 5.92 Å². The van der Waals surface area contributed by atoms with Crippen LogP contribution in [0.3, 0.4) is 0 Å². The van der Waals surface area contributed by atoms with Crippen LogP contribution in [0.2, 0.25) is 0 Å². The van der Waals surface area contributed by atoms with E-state index in [0.29, 0.717) is 0 Å². The van der Waals surface area contributed by atoms with E-state index in [4.69, 9.17) is 9.72 Å². The molecule has 0 bridgehead atoms. The van der Waals surface area contributed by atoms with Crippen LogP contribution in [0, 0.1) is 0 Å². The molecule has 4 heteroatoms. The van der Waals surface area contributed by atoms with Crippen LogP contribution in [0.1, 0.15) is 63.5 Å². The number of benzene rings is 8. The second-order valence-electron chi connectivity index (χ2n) is 19.2. The van der Waals surface area contributed by atoms with E-state index in [1.165, 1.54) is 88.7 Å². The zero-order valence-corrected chi connectivity index (χ0v) is 38.4. The monoisotopic (exact) mass is 895 g/mol. The Morgan fingerprint density at radius 2 is 1.21 bits per heavy atom. The minimum absolute atomic E-state index is 0.213. The number of para-hydroxylation sites is 5. The summed E-state index contributed by atoms with van der Waals surface area (Å²) in [5.74, 6) is 2.00. The van der Waals surface area contributed by atoms with Crippen LogP contribution in [0.5, 0.6) is 11.5 Å².